The summed E-state index contributed by atoms with van der Waals surface area (Å²) in [4.78, 5) is 0. The van der Waals surface area contributed by atoms with Crippen LogP contribution in [0, 0.1) is 11.8 Å². The summed E-state index contributed by atoms with van der Waals surface area (Å²) in [5.41, 5.74) is 7.76. The number of hydrogen-bond donors (Lipinski definition) is 1. The van der Waals surface area contributed by atoms with E-state index in [1.807, 2.05) is 12.1 Å². The zero-order valence-electron chi connectivity index (χ0n) is 11.5. The number of nitrogen functional groups attached to an aromatic ring is 1. The smallest absolute Gasteiger partial charge is 0.175 e. The van der Waals surface area contributed by atoms with Crippen LogP contribution in [0.2, 0.25) is 10.0 Å². The molecule has 5 heteroatoms. The fraction of sp³-hybridized carbons (Fsp3) is 0.438. The maximum atomic E-state index is 6.33. The van der Waals surface area contributed by atoms with Crippen molar-refractivity contribution in [2.75, 3.05) is 5.73 Å². The number of aromatic nitrogens is 1. The van der Waals surface area contributed by atoms with Crippen LogP contribution in [-0.4, -0.2) is 5.16 Å². The Bertz CT molecular complexity index is 686. The molecule has 0 radical (unpaired) electrons. The van der Waals surface area contributed by atoms with E-state index in [-0.39, 0.29) is 0 Å². The lowest BCUT2D eigenvalue weighted by Crippen LogP contribution is -1.91. The molecule has 0 saturated heterocycles. The highest BCUT2D eigenvalue weighted by Crippen LogP contribution is 2.63. The number of rotatable bonds is 2. The second-order valence-electron chi connectivity index (χ2n) is 6.07. The van der Waals surface area contributed by atoms with E-state index in [0.29, 0.717) is 21.8 Å². The van der Waals surface area contributed by atoms with E-state index < -0.39 is 0 Å². The van der Waals surface area contributed by atoms with E-state index >= 15 is 0 Å². The molecule has 2 aromatic rings. The van der Waals surface area contributed by atoms with Gasteiger partial charge in [0.05, 0.1) is 10.6 Å². The Hall–Kier alpha value is -1.19. The summed E-state index contributed by atoms with van der Waals surface area (Å²) >= 11 is 12.3. The number of fused-ring (bicyclic) bond motifs is 1. The molecular formula is C16H16Cl2N2O. The molecule has 110 valence electrons. The number of hydrogen-bond acceptors (Lipinski definition) is 3. The molecule has 2 saturated carbocycles. The first-order valence-electron chi connectivity index (χ1n) is 7.37. The molecule has 0 bridgehead atoms. The number of halogens is 2. The van der Waals surface area contributed by atoms with E-state index in [1.165, 1.54) is 25.7 Å². The van der Waals surface area contributed by atoms with Crippen LogP contribution in [0.15, 0.2) is 22.7 Å². The molecule has 1 heterocycles. The molecule has 2 fully saturated rings. The largest absolute Gasteiger partial charge is 0.380 e. The molecule has 1 aromatic heterocycles. The lowest BCUT2D eigenvalue weighted by Gasteiger charge is -2.05. The third-order valence-corrected chi connectivity index (χ3v) is 5.45. The van der Waals surface area contributed by atoms with Gasteiger partial charge in [-0.3, -0.25) is 0 Å². The van der Waals surface area contributed by atoms with Crippen molar-refractivity contribution in [3.05, 3.63) is 34.0 Å². The molecule has 2 unspecified atom stereocenters. The van der Waals surface area contributed by atoms with Crippen molar-refractivity contribution in [1.29, 1.82) is 0 Å². The Morgan fingerprint density at radius 3 is 2.52 bits per heavy atom. The van der Waals surface area contributed by atoms with Crippen molar-refractivity contribution in [2.45, 2.75) is 31.6 Å². The molecule has 2 aliphatic rings. The van der Waals surface area contributed by atoms with Gasteiger partial charge in [0.15, 0.2) is 5.82 Å². The Kier molecular flexibility index (Phi) is 3.16. The first kappa shape index (κ1) is 13.5. The van der Waals surface area contributed by atoms with E-state index in [9.17, 15) is 0 Å². The van der Waals surface area contributed by atoms with Crippen molar-refractivity contribution in [1.82, 2.24) is 5.16 Å². The van der Waals surface area contributed by atoms with Gasteiger partial charge in [-0.15, -0.1) is 0 Å². The Morgan fingerprint density at radius 1 is 1.14 bits per heavy atom. The molecule has 21 heavy (non-hydrogen) atoms. The first-order chi connectivity index (χ1) is 10.2. The molecule has 2 aliphatic carbocycles. The molecule has 0 spiro atoms. The molecule has 4 rings (SSSR count). The lowest BCUT2D eigenvalue weighted by molar-refractivity contribution is 0.381. The average Bonchev–Trinajstić information content (AvgIpc) is 3.08. The lowest BCUT2D eigenvalue weighted by atomic mass is 10.0. The average molecular weight is 323 g/mol. The topological polar surface area (TPSA) is 52.0 Å². The van der Waals surface area contributed by atoms with Gasteiger partial charge in [-0.05, 0) is 36.8 Å². The summed E-state index contributed by atoms with van der Waals surface area (Å²) < 4.78 is 5.58. The van der Waals surface area contributed by atoms with Gasteiger partial charge in [-0.1, -0.05) is 47.3 Å². The van der Waals surface area contributed by atoms with Crippen LogP contribution in [0.5, 0.6) is 0 Å². The second-order valence-corrected chi connectivity index (χ2v) is 6.91. The van der Waals surface area contributed by atoms with Gasteiger partial charge in [0.1, 0.15) is 5.76 Å². The molecule has 1 aromatic carbocycles. The number of benzene rings is 1. The van der Waals surface area contributed by atoms with Gasteiger partial charge in [0, 0.05) is 16.5 Å². The van der Waals surface area contributed by atoms with Gasteiger partial charge in [0.25, 0.3) is 0 Å². The van der Waals surface area contributed by atoms with Crippen LogP contribution in [0.25, 0.3) is 11.1 Å². The summed E-state index contributed by atoms with van der Waals surface area (Å²) in [6.07, 6.45) is 5.20. The van der Waals surface area contributed by atoms with Crippen LogP contribution >= 0.6 is 23.2 Å². The summed E-state index contributed by atoms with van der Waals surface area (Å²) in [7, 11) is 0. The second kappa shape index (κ2) is 4.92. The molecule has 3 nitrogen and oxygen atoms in total. The normalized spacial score (nSPS) is 27.4. The standard InChI is InChI=1S/C16H16Cl2N2O/c17-8-5-6-11(12(18)7-8)14-15(21-20-16(14)19)13-9-3-1-2-4-10(9)13/h5-7,9-10,13H,1-4H2,(H2,19,20). The van der Waals surface area contributed by atoms with Crippen LogP contribution in [0.1, 0.15) is 37.4 Å². The maximum Gasteiger partial charge on any atom is 0.175 e. The highest BCUT2D eigenvalue weighted by molar-refractivity contribution is 6.36. The van der Waals surface area contributed by atoms with Crippen LogP contribution in [0.4, 0.5) is 5.82 Å². The molecule has 0 amide bonds. The zero-order valence-corrected chi connectivity index (χ0v) is 13.0. The van der Waals surface area contributed by atoms with E-state index in [2.05, 4.69) is 5.16 Å². The number of anilines is 1. The van der Waals surface area contributed by atoms with Crippen molar-refractivity contribution in [3.63, 3.8) is 0 Å². The van der Waals surface area contributed by atoms with Gasteiger partial charge in [-0.25, -0.2) is 0 Å². The van der Waals surface area contributed by atoms with Crippen molar-refractivity contribution in [2.24, 2.45) is 11.8 Å². The maximum absolute atomic E-state index is 6.33. The van der Waals surface area contributed by atoms with Gasteiger partial charge >= 0.3 is 0 Å². The summed E-state index contributed by atoms with van der Waals surface area (Å²) in [5.74, 6) is 3.25. The monoisotopic (exact) mass is 322 g/mol. The van der Waals surface area contributed by atoms with Crippen molar-refractivity contribution < 1.29 is 4.52 Å². The van der Waals surface area contributed by atoms with Crippen LogP contribution in [-0.2, 0) is 0 Å². The Morgan fingerprint density at radius 2 is 1.86 bits per heavy atom. The Labute approximate surface area is 133 Å². The van der Waals surface area contributed by atoms with Gasteiger partial charge in [-0.2, -0.15) is 0 Å². The highest BCUT2D eigenvalue weighted by atomic mass is 35.5. The highest BCUT2D eigenvalue weighted by Gasteiger charge is 2.54. The third kappa shape index (κ3) is 2.14. The summed E-state index contributed by atoms with van der Waals surface area (Å²) in [6, 6.07) is 5.44. The number of nitrogens with two attached hydrogens (primary N) is 1. The molecular weight excluding hydrogens is 307 g/mol. The van der Waals surface area contributed by atoms with Crippen LogP contribution in [0.3, 0.4) is 0 Å². The van der Waals surface area contributed by atoms with Gasteiger partial charge in [0.2, 0.25) is 0 Å². The van der Waals surface area contributed by atoms with E-state index in [4.69, 9.17) is 33.5 Å². The fourth-order valence-electron chi connectivity index (χ4n) is 3.89. The minimum Gasteiger partial charge on any atom is -0.380 e. The minimum absolute atomic E-state index is 0.415. The molecule has 2 atom stereocenters. The summed E-state index contributed by atoms with van der Waals surface area (Å²) in [6.45, 7) is 0. The summed E-state index contributed by atoms with van der Waals surface area (Å²) in [5, 5.41) is 5.18. The van der Waals surface area contributed by atoms with Crippen molar-refractivity contribution in [3.8, 4) is 11.1 Å². The third-order valence-electron chi connectivity index (χ3n) is 4.90. The first-order valence-corrected chi connectivity index (χ1v) is 8.13. The minimum atomic E-state index is 0.415. The van der Waals surface area contributed by atoms with Gasteiger partial charge < -0.3 is 10.3 Å². The quantitative estimate of drug-likeness (QED) is 0.833. The Balaban J connectivity index is 1.77. The van der Waals surface area contributed by atoms with E-state index in [0.717, 1.165) is 28.7 Å². The SMILES string of the molecule is Nc1noc(C2C3CCCCC32)c1-c1ccc(Cl)cc1Cl. The van der Waals surface area contributed by atoms with Crippen LogP contribution < -0.4 is 5.73 Å². The van der Waals surface area contributed by atoms with Crippen molar-refractivity contribution >= 4 is 29.0 Å². The molecule has 0 aliphatic heterocycles. The number of nitrogens with zero attached hydrogens (tertiary/aromatic N) is 1. The fourth-order valence-corrected chi connectivity index (χ4v) is 4.39. The predicted molar refractivity (Wildman–Crippen MR) is 84.6 cm³/mol. The zero-order chi connectivity index (χ0) is 14.6. The predicted octanol–water partition coefficient (Wildman–Crippen LogP) is 5.13. The molecule has 2 N–H and O–H groups in total. The van der Waals surface area contributed by atoms with E-state index in [1.54, 1.807) is 6.07 Å².